The van der Waals surface area contributed by atoms with Crippen molar-refractivity contribution in [2.45, 2.75) is 140 Å². The molecule has 4 fully saturated rings. The molecule has 4 aliphatic rings. The first-order valence-corrected chi connectivity index (χ1v) is 20.7. The molecule has 0 aliphatic carbocycles. The molecule has 4 aliphatic heterocycles. The predicted octanol–water partition coefficient (Wildman–Crippen LogP) is 0.737. The number of likely N-dealkylation sites (tertiary alicyclic amines) is 1. The van der Waals surface area contributed by atoms with Crippen molar-refractivity contribution >= 4 is 23.7 Å². The molecule has 5 heterocycles. The van der Waals surface area contributed by atoms with Crippen LogP contribution in [0.4, 0.5) is 4.39 Å². The van der Waals surface area contributed by atoms with E-state index in [0.717, 1.165) is 0 Å². The van der Waals surface area contributed by atoms with Gasteiger partial charge in [0.15, 0.2) is 18.7 Å². The molecule has 5 rings (SSSR count). The average molecular weight is 854 g/mol. The topological polar surface area (TPSA) is 242 Å². The smallest absolute Gasteiger partial charge is 0.335 e. The Kier molecular flexibility index (Phi) is 17.3. The molecule has 1 aromatic heterocycles. The molecule has 336 valence electrons. The summed E-state index contributed by atoms with van der Waals surface area (Å²) in [6.07, 6.45) is -6.85. The van der Waals surface area contributed by atoms with E-state index in [4.69, 9.17) is 28.4 Å². The second-order valence-corrected chi connectivity index (χ2v) is 15.6. The van der Waals surface area contributed by atoms with Gasteiger partial charge in [-0.2, -0.15) is 0 Å². The monoisotopic (exact) mass is 853 g/mol. The van der Waals surface area contributed by atoms with Crippen LogP contribution in [0.15, 0.2) is 31.5 Å². The molecule has 19 nitrogen and oxygen atoms in total. The number of hydrogen-bond acceptors (Lipinski definition) is 15. The number of carbonyl (C=O) groups excluding carboxylic acids is 3. The molecule has 0 aromatic carbocycles. The molecule has 0 spiro atoms. The molecular formula is C40H60FN5O14. The Morgan fingerprint density at radius 2 is 1.63 bits per heavy atom. The maximum absolute atomic E-state index is 14.7. The number of hydrogen-bond donors (Lipinski definition) is 4. The lowest BCUT2D eigenvalue weighted by Gasteiger charge is -2.45. The van der Waals surface area contributed by atoms with E-state index >= 15 is 0 Å². The van der Waals surface area contributed by atoms with Crippen LogP contribution < -0.4 is 0 Å². The van der Waals surface area contributed by atoms with Gasteiger partial charge in [-0.3, -0.25) is 19.3 Å². The molecule has 0 saturated carbocycles. The quantitative estimate of drug-likeness (QED) is 0.0674. The van der Waals surface area contributed by atoms with E-state index < -0.39 is 91.3 Å². The number of halogens is 1. The largest absolute Gasteiger partial charge is 0.479 e. The molecule has 4 saturated heterocycles. The molecule has 20 heteroatoms. The summed E-state index contributed by atoms with van der Waals surface area (Å²) in [4.78, 5) is 54.3. The van der Waals surface area contributed by atoms with Crippen LogP contribution in [-0.2, 0) is 60.7 Å². The molecule has 60 heavy (non-hydrogen) atoms. The number of alkyl halides is 1. The number of aliphatic hydroxyl groups excluding tert-OH is 3. The molecule has 4 N–H and O–H groups in total. The highest BCUT2D eigenvalue weighted by atomic mass is 19.1. The minimum atomic E-state index is -1.80. The Balaban J connectivity index is 1.02. The number of unbranched alkanes of at least 4 members (excludes halogenated alkanes) is 2. The highest BCUT2D eigenvalue weighted by Crippen LogP contribution is 2.41. The molecule has 0 radical (unpaired) electrons. The lowest BCUT2D eigenvalue weighted by atomic mass is 9.89. The summed E-state index contributed by atoms with van der Waals surface area (Å²) in [6, 6.07) is 0. The van der Waals surface area contributed by atoms with E-state index in [9.17, 15) is 44.0 Å². The van der Waals surface area contributed by atoms with E-state index in [1.54, 1.807) is 34.9 Å². The fourth-order valence-corrected chi connectivity index (χ4v) is 8.07. The summed E-state index contributed by atoms with van der Waals surface area (Å²) < 4.78 is 50.0. The molecular weight excluding hydrogens is 793 g/mol. The van der Waals surface area contributed by atoms with Crippen LogP contribution in [-0.4, -0.2) is 169 Å². The summed E-state index contributed by atoms with van der Waals surface area (Å²) in [5.41, 5.74) is 0.576. The van der Waals surface area contributed by atoms with Gasteiger partial charge in [0.05, 0.1) is 69.3 Å². The number of carboxylic acid groups (broad SMARTS) is 1. The maximum Gasteiger partial charge on any atom is 0.335 e. The highest BCUT2D eigenvalue weighted by molar-refractivity contribution is 6.06. The van der Waals surface area contributed by atoms with Gasteiger partial charge in [-0.15, -0.1) is 18.3 Å². The van der Waals surface area contributed by atoms with Crippen LogP contribution in [0.3, 0.4) is 0 Å². The number of carbonyl (C=O) groups is 4. The maximum atomic E-state index is 14.7. The standard InChI is InChI=1S/C40H60FN5O14/c1-6-13-27(47)44(14-11-10-12-15-46-36(51)28-24(7-2)57-25(8-3)29(28)37(46)52)20-23-21-45(43-42-23)16-17-55-18-19-56-40-33(50)32(49)34(35(60-40)38(53)54)59-39-22(5)30(41)31(48)26(9-4)58-39/h7-8,21-22,24-26,28-35,39-40,48-50H,2-3,6,9-20H2,1,4-5H3,(H,53,54)/t22?,24-,25+,26?,28+,29-,30-,31-,32-,33?,34+,35?,39-,40-/m1/s1. The van der Waals surface area contributed by atoms with E-state index in [0.29, 0.717) is 50.9 Å². The van der Waals surface area contributed by atoms with E-state index in [-0.39, 0.29) is 57.1 Å². The van der Waals surface area contributed by atoms with Gasteiger partial charge in [0.1, 0.15) is 36.3 Å². The fraction of sp³-hybridized carbons (Fsp3) is 0.750. The van der Waals surface area contributed by atoms with Crippen LogP contribution in [0.1, 0.15) is 65.0 Å². The van der Waals surface area contributed by atoms with Crippen LogP contribution in [0.2, 0.25) is 0 Å². The van der Waals surface area contributed by atoms with Crippen LogP contribution in [0, 0.1) is 17.8 Å². The Morgan fingerprint density at radius 1 is 0.933 bits per heavy atom. The van der Waals surface area contributed by atoms with Gasteiger partial charge in [0, 0.05) is 25.4 Å². The predicted molar refractivity (Wildman–Crippen MR) is 206 cm³/mol. The van der Waals surface area contributed by atoms with Crippen molar-refractivity contribution in [3.8, 4) is 0 Å². The molecule has 1 aromatic rings. The normalized spacial score (nSPS) is 34.1. The number of rotatable bonds is 23. The number of aliphatic carboxylic acids is 1. The van der Waals surface area contributed by atoms with Gasteiger partial charge in [0.25, 0.3) is 0 Å². The van der Waals surface area contributed by atoms with E-state index in [2.05, 4.69) is 23.5 Å². The zero-order valence-corrected chi connectivity index (χ0v) is 34.4. The third-order valence-corrected chi connectivity index (χ3v) is 11.4. The fourth-order valence-electron chi connectivity index (χ4n) is 8.07. The number of aliphatic hydroxyl groups is 3. The van der Waals surface area contributed by atoms with Crippen molar-refractivity contribution in [2.24, 2.45) is 17.8 Å². The summed E-state index contributed by atoms with van der Waals surface area (Å²) >= 11 is 0. The van der Waals surface area contributed by atoms with Crippen LogP contribution in [0.25, 0.3) is 0 Å². The SMILES string of the molecule is C=C[C@@H]1O[C@H](C=C)[C@@H]2C(=O)N(CCCCCN(Cc3cn(CCOCCO[C@@H]4OC(C(=O)O)[C@@H](O[C@H]5OC(CC)[C@@H](O)[C@H](F)C5C)[C@H](O)C4O)nn3)C(=O)CCC)C(=O)[C@@H]21. The Bertz CT molecular complexity index is 1600. The number of imide groups is 1. The first-order chi connectivity index (χ1) is 28.8. The second-order valence-electron chi connectivity index (χ2n) is 15.6. The van der Waals surface area contributed by atoms with Crippen molar-refractivity contribution in [3.63, 3.8) is 0 Å². The minimum absolute atomic E-state index is 0.00753. The molecule has 4 unspecified atom stereocenters. The summed E-state index contributed by atoms with van der Waals surface area (Å²) in [5.74, 6) is -4.20. The summed E-state index contributed by atoms with van der Waals surface area (Å²) in [6.45, 7) is 13.9. The van der Waals surface area contributed by atoms with Crippen molar-refractivity contribution in [2.75, 3.05) is 32.9 Å². The first kappa shape index (κ1) is 47.3. The number of carboxylic acids is 1. The van der Waals surface area contributed by atoms with Crippen molar-refractivity contribution < 1.29 is 72.4 Å². The van der Waals surface area contributed by atoms with Gasteiger partial charge in [-0.05, 0) is 32.1 Å². The first-order valence-electron chi connectivity index (χ1n) is 20.7. The number of aromatic nitrogens is 3. The van der Waals surface area contributed by atoms with Gasteiger partial charge < -0.3 is 53.7 Å². The lowest BCUT2D eigenvalue weighted by Crippen LogP contribution is -2.63. The van der Waals surface area contributed by atoms with Gasteiger partial charge >= 0.3 is 5.97 Å². The van der Waals surface area contributed by atoms with Crippen molar-refractivity contribution in [1.82, 2.24) is 24.8 Å². The minimum Gasteiger partial charge on any atom is -0.479 e. The zero-order chi connectivity index (χ0) is 43.7. The third kappa shape index (κ3) is 10.8. The number of ether oxygens (including phenoxy) is 6. The molecule has 14 atom stereocenters. The second kappa shape index (κ2) is 21.9. The Hall–Kier alpha value is -3.73. The van der Waals surface area contributed by atoms with E-state index in [1.165, 1.54) is 11.8 Å². The molecule has 0 bridgehead atoms. The third-order valence-electron chi connectivity index (χ3n) is 11.4. The van der Waals surface area contributed by atoms with E-state index in [1.807, 2.05) is 6.92 Å². The van der Waals surface area contributed by atoms with Gasteiger partial charge in [-0.25, -0.2) is 13.9 Å². The van der Waals surface area contributed by atoms with Crippen LogP contribution in [0.5, 0.6) is 0 Å². The summed E-state index contributed by atoms with van der Waals surface area (Å²) in [7, 11) is 0. The van der Waals surface area contributed by atoms with Gasteiger partial charge in [0.2, 0.25) is 17.7 Å². The van der Waals surface area contributed by atoms with Gasteiger partial charge in [-0.1, -0.05) is 38.1 Å². The lowest BCUT2D eigenvalue weighted by molar-refractivity contribution is -0.342. The van der Waals surface area contributed by atoms with Crippen molar-refractivity contribution in [1.29, 1.82) is 0 Å². The number of nitrogens with zero attached hydrogens (tertiary/aromatic N) is 5. The number of amides is 3. The van der Waals surface area contributed by atoms with Crippen molar-refractivity contribution in [3.05, 3.63) is 37.2 Å². The Labute approximate surface area is 348 Å². The molecule has 3 amide bonds. The number of fused-ring (bicyclic) bond motifs is 1. The zero-order valence-electron chi connectivity index (χ0n) is 34.4. The highest BCUT2D eigenvalue weighted by Gasteiger charge is 2.58. The van der Waals surface area contributed by atoms with Crippen LogP contribution >= 0.6 is 0 Å². The Morgan fingerprint density at radius 3 is 2.27 bits per heavy atom. The average Bonchev–Trinajstić information content (AvgIpc) is 3.92. The summed E-state index contributed by atoms with van der Waals surface area (Å²) in [5, 5.41) is 49.9.